The van der Waals surface area contributed by atoms with Gasteiger partial charge in [0.1, 0.15) is 6.54 Å². The molecular weight excluding hydrogens is 366 g/mol. The molecule has 1 aliphatic heterocycles. The van der Waals surface area contributed by atoms with Crippen LogP contribution in [0.4, 0.5) is 0 Å². The number of aliphatic imine (C=N–C) groups is 2. The molecule has 0 unspecified atom stereocenters. The molecular formula is C21H31N7O. The van der Waals surface area contributed by atoms with Gasteiger partial charge in [-0.15, -0.1) is 0 Å². The molecule has 8 nitrogen and oxygen atoms in total. The molecule has 8 heteroatoms. The van der Waals surface area contributed by atoms with Crippen molar-refractivity contribution < 1.29 is 0 Å². The van der Waals surface area contributed by atoms with Crippen LogP contribution in [0.15, 0.2) is 63.0 Å². The Bertz CT molecular complexity index is 841. The van der Waals surface area contributed by atoms with Crippen molar-refractivity contribution in [3.05, 3.63) is 58.3 Å². The highest BCUT2D eigenvalue weighted by molar-refractivity contribution is 6.13. The lowest BCUT2D eigenvalue weighted by Gasteiger charge is -2.25. The third-order valence-corrected chi connectivity index (χ3v) is 4.79. The van der Waals surface area contributed by atoms with E-state index in [1.807, 2.05) is 29.0 Å². The van der Waals surface area contributed by atoms with Gasteiger partial charge in [-0.25, -0.2) is 4.99 Å². The Labute approximate surface area is 172 Å². The fraction of sp³-hybridized carbons (Fsp3) is 0.476. The van der Waals surface area contributed by atoms with Gasteiger partial charge in [0.05, 0.1) is 35.9 Å². The van der Waals surface area contributed by atoms with Crippen LogP contribution in [0.2, 0.25) is 0 Å². The van der Waals surface area contributed by atoms with Crippen molar-refractivity contribution >= 4 is 11.9 Å². The number of allylic oxidation sites excluding steroid dienone is 3. The van der Waals surface area contributed by atoms with Crippen molar-refractivity contribution in [3.8, 4) is 0 Å². The van der Waals surface area contributed by atoms with Crippen molar-refractivity contribution in [1.82, 2.24) is 14.7 Å². The summed E-state index contributed by atoms with van der Waals surface area (Å²) in [4.78, 5) is 21.4. The predicted octanol–water partition coefficient (Wildman–Crippen LogP) is 3.79. The van der Waals surface area contributed by atoms with Crippen molar-refractivity contribution in [1.29, 1.82) is 0 Å². The summed E-state index contributed by atoms with van der Waals surface area (Å²) in [7, 11) is 1.99. The first-order valence-corrected chi connectivity index (χ1v) is 10.1. The lowest BCUT2D eigenvalue weighted by Crippen LogP contribution is -2.24. The number of nitrogens with two attached hydrogens (primary N) is 1. The third-order valence-electron chi connectivity index (χ3n) is 4.79. The molecule has 0 bridgehead atoms. The topological polar surface area (TPSA) is 101 Å². The maximum atomic E-state index is 10.2. The Morgan fingerprint density at radius 2 is 2.03 bits per heavy atom. The van der Waals surface area contributed by atoms with Crippen LogP contribution < -0.4 is 5.73 Å². The smallest absolute Gasteiger partial charge is 0.101 e. The summed E-state index contributed by atoms with van der Waals surface area (Å²) in [5.41, 5.74) is 10.1. The summed E-state index contributed by atoms with van der Waals surface area (Å²) >= 11 is 0. The van der Waals surface area contributed by atoms with Gasteiger partial charge in [0.2, 0.25) is 0 Å². The summed E-state index contributed by atoms with van der Waals surface area (Å²) in [5.74, 6) is 0. The lowest BCUT2D eigenvalue weighted by atomic mass is 10.1. The summed E-state index contributed by atoms with van der Waals surface area (Å²) in [6.45, 7) is 6.90. The molecule has 156 valence electrons. The number of hydrogen-bond acceptors (Lipinski definition) is 7. The van der Waals surface area contributed by atoms with E-state index < -0.39 is 0 Å². The predicted molar refractivity (Wildman–Crippen MR) is 119 cm³/mol. The monoisotopic (exact) mass is 397 g/mol. The zero-order valence-electron chi connectivity index (χ0n) is 17.7. The molecule has 1 aromatic rings. The molecule has 0 fully saturated rings. The van der Waals surface area contributed by atoms with Crippen molar-refractivity contribution in [2.24, 2.45) is 20.9 Å². The number of likely N-dealkylation sites (N-methyl/N-ethyl adjacent to an activating group) is 1. The minimum absolute atomic E-state index is 0.139. The van der Waals surface area contributed by atoms with Crippen LogP contribution >= 0.6 is 0 Å². The van der Waals surface area contributed by atoms with Gasteiger partial charge in [-0.3, -0.25) is 9.67 Å². The van der Waals surface area contributed by atoms with Crippen LogP contribution in [0.25, 0.3) is 0 Å². The van der Waals surface area contributed by atoms with Crippen molar-refractivity contribution in [2.75, 3.05) is 20.1 Å². The highest BCUT2D eigenvalue weighted by Crippen LogP contribution is 2.25. The summed E-state index contributed by atoms with van der Waals surface area (Å²) in [5, 5.41) is 7.39. The Balaban J connectivity index is 2.43. The average molecular weight is 398 g/mol. The quantitative estimate of drug-likeness (QED) is 0.369. The zero-order chi connectivity index (χ0) is 21.2. The van der Waals surface area contributed by atoms with Crippen LogP contribution in [0.1, 0.15) is 51.6 Å². The van der Waals surface area contributed by atoms with Gasteiger partial charge in [0, 0.05) is 43.0 Å². The van der Waals surface area contributed by atoms with Crippen LogP contribution in [-0.4, -0.2) is 46.7 Å². The van der Waals surface area contributed by atoms with Crippen molar-refractivity contribution in [2.45, 2.75) is 46.1 Å². The average Bonchev–Trinajstić information content (AvgIpc) is 3.20. The second kappa shape index (κ2) is 11.1. The fourth-order valence-corrected chi connectivity index (χ4v) is 3.19. The van der Waals surface area contributed by atoms with E-state index in [1.165, 1.54) is 6.20 Å². The normalized spacial score (nSPS) is 16.7. The van der Waals surface area contributed by atoms with Crippen LogP contribution in [0, 0.1) is 4.91 Å². The summed E-state index contributed by atoms with van der Waals surface area (Å²) in [6.07, 6.45) is 14.1. The van der Waals surface area contributed by atoms with E-state index in [2.05, 4.69) is 48.3 Å². The molecule has 2 heterocycles. The number of hydrogen-bond donors (Lipinski definition) is 1. The van der Waals surface area contributed by atoms with E-state index in [9.17, 15) is 4.91 Å². The maximum absolute atomic E-state index is 10.2. The molecule has 0 atom stereocenters. The van der Waals surface area contributed by atoms with E-state index in [0.29, 0.717) is 23.9 Å². The van der Waals surface area contributed by atoms with E-state index in [-0.39, 0.29) is 6.54 Å². The first-order valence-electron chi connectivity index (χ1n) is 10.1. The maximum Gasteiger partial charge on any atom is 0.101 e. The standard InChI is InChI=1S/C21H31N7O/c1-5-8-20-21(17-13-24-28(14-17)18(6-2)7-3)26-19(15-27(20)4)16(11-22)12-23-9-10-25-29/h8,11-15,18H,5-7,9-10,22H2,1-4H3/b16-11?,20-8-,23-12?. The Morgan fingerprint density at radius 3 is 2.66 bits per heavy atom. The van der Waals surface area contributed by atoms with Gasteiger partial charge in [-0.2, -0.15) is 10.0 Å². The molecule has 0 spiro atoms. The summed E-state index contributed by atoms with van der Waals surface area (Å²) < 4.78 is 2.02. The van der Waals surface area contributed by atoms with Gasteiger partial charge < -0.3 is 10.6 Å². The summed E-state index contributed by atoms with van der Waals surface area (Å²) in [6, 6.07) is 0.373. The Kier molecular flexibility index (Phi) is 8.51. The van der Waals surface area contributed by atoms with Crippen LogP contribution in [-0.2, 0) is 0 Å². The molecule has 0 amide bonds. The Hall–Kier alpha value is -3.03. The van der Waals surface area contributed by atoms with E-state index in [1.54, 1.807) is 6.21 Å². The molecule has 0 saturated heterocycles. The molecule has 29 heavy (non-hydrogen) atoms. The number of nitrogens with zero attached hydrogens (tertiary/aromatic N) is 6. The molecule has 2 rings (SSSR count). The van der Waals surface area contributed by atoms with Gasteiger partial charge in [-0.05, 0) is 19.3 Å². The van der Waals surface area contributed by atoms with E-state index in [0.717, 1.165) is 36.2 Å². The number of aromatic nitrogens is 2. The van der Waals surface area contributed by atoms with Gasteiger partial charge >= 0.3 is 0 Å². The first-order chi connectivity index (χ1) is 14.1. The van der Waals surface area contributed by atoms with Crippen LogP contribution in [0.5, 0.6) is 0 Å². The molecule has 1 aromatic heterocycles. The van der Waals surface area contributed by atoms with Crippen LogP contribution in [0.3, 0.4) is 0 Å². The number of nitroso groups, excluding NO2 is 1. The second-order valence-electron chi connectivity index (χ2n) is 6.77. The molecule has 2 N–H and O–H groups in total. The first kappa shape index (κ1) is 22.3. The SMILES string of the molecule is CC/C=C1/C(c2cnn(C(CC)CC)c2)=NC(C(C=NCCN=O)=CN)=CN1C. The minimum atomic E-state index is 0.139. The number of rotatable bonds is 10. The highest BCUT2D eigenvalue weighted by Gasteiger charge is 2.22. The second-order valence-corrected chi connectivity index (χ2v) is 6.77. The molecule has 0 saturated carbocycles. The zero-order valence-corrected chi connectivity index (χ0v) is 17.7. The molecule has 0 radical (unpaired) electrons. The molecule has 0 aliphatic carbocycles. The highest BCUT2D eigenvalue weighted by atomic mass is 16.3. The van der Waals surface area contributed by atoms with Gasteiger partial charge in [0.15, 0.2) is 0 Å². The fourth-order valence-electron chi connectivity index (χ4n) is 3.19. The Morgan fingerprint density at radius 1 is 1.28 bits per heavy atom. The largest absolute Gasteiger partial charge is 0.404 e. The van der Waals surface area contributed by atoms with Gasteiger partial charge in [0.25, 0.3) is 0 Å². The van der Waals surface area contributed by atoms with Gasteiger partial charge in [-0.1, -0.05) is 32.0 Å². The van der Waals surface area contributed by atoms with E-state index in [4.69, 9.17) is 10.7 Å². The van der Waals surface area contributed by atoms with E-state index >= 15 is 0 Å². The third kappa shape index (κ3) is 5.49. The lowest BCUT2D eigenvalue weighted by molar-refractivity contribution is 0.428. The molecule has 1 aliphatic rings. The minimum Gasteiger partial charge on any atom is -0.404 e. The molecule has 0 aromatic carbocycles. The van der Waals surface area contributed by atoms with Crippen molar-refractivity contribution in [3.63, 3.8) is 0 Å².